The fourth-order valence-corrected chi connectivity index (χ4v) is 0.635. The van der Waals surface area contributed by atoms with E-state index in [1.165, 1.54) is 0 Å². The van der Waals surface area contributed by atoms with Gasteiger partial charge in [0.25, 0.3) is 0 Å². The van der Waals surface area contributed by atoms with Gasteiger partial charge in [-0.25, -0.2) is 0 Å². The molecule has 0 saturated carbocycles. The molecule has 44 valence electrons. The molecule has 1 rings (SSSR count). The van der Waals surface area contributed by atoms with Crippen molar-refractivity contribution in [3.05, 3.63) is 0 Å². The van der Waals surface area contributed by atoms with Crippen LogP contribution >= 0.6 is 0 Å². The average molecular weight is 111 g/mol. The SMILES string of the molecule is CC1=NN=C(CN)C1. The monoisotopic (exact) mass is 111 g/mol. The van der Waals surface area contributed by atoms with Crippen molar-refractivity contribution in [1.29, 1.82) is 0 Å². The van der Waals surface area contributed by atoms with Gasteiger partial charge in [0.1, 0.15) is 0 Å². The summed E-state index contributed by atoms with van der Waals surface area (Å²) in [5.41, 5.74) is 7.34. The van der Waals surface area contributed by atoms with Crippen molar-refractivity contribution in [1.82, 2.24) is 0 Å². The molecule has 2 N–H and O–H groups in total. The Kier molecular flexibility index (Phi) is 1.39. The Balaban J connectivity index is 2.49. The molecule has 0 atom stereocenters. The molecule has 3 heteroatoms. The fourth-order valence-electron chi connectivity index (χ4n) is 0.635. The summed E-state index contributed by atoms with van der Waals surface area (Å²) in [6.45, 7) is 2.49. The van der Waals surface area contributed by atoms with Crippen LogP contribution in [-0.4, -0.2) is 18.0 Å². The summed E-state index contributed by atoms with van der Waals surface area (Å²) < 4.78 is 0. The summed E-state index contributed by atoms with van der Waals surface area (Å²) in [6, 6.07) is 0. The van der Waals surface area contributed by atoms with Crippen LogP contribution in [0, 0.1) is 0 Å². The van der Waals surface area contributed by atoms with Crippen LogP contribution in [0.3, 0.4) is 0 Å². The van der Waals surface area contributed by atoms with Crippen LogP contribution in [0.5, 0.6) is 0 Å². The molecule has 8 heavy (non-hydrogen) atoms. The van der Waals surface area contributed by atoms with E-state index in [2.05, 4.69) is 10.2 Å². The van der Waals surface area contributed by atoms with Crippen molar-refractivity contribution in [2.75, 3.05) is 6.54 Å². The van der Waals surface area contributed by atoms with Gasteiger partial charge in [0.2, 0.25) is 0 Å². The summed E-state index contributed by atoms with van der Waals surface area (Å²) in [7, 11) is 0. The van der Waals surface area contributed by atoms with Crippen molar-refractivity contribution >= 4 is 11.4 Å². The predicted molar refractivity (Wildman–Crippen MR) is 34.2 cm³/mol. The van der Waals surface area contributed by atoms with Crippen molar-refractivity contribution in [2.24, 2.45) is 15.9 Å². The van der Waals surface area contributed by atoms with E-state index in [0.29, 0.717) is 6.54 Å². The zero-order valence-electron chi connectivity index (χ0n) is 4.89. The highest BCUT2D eigenvalue weighted by molar-refractivity contribution is 6.07. The normalized spacial score (nSPS) is 18.2. The van der Waals surface area contributed by atoms with Gasteiger partial charge in [0, 0.05) is 18.7 Å². The Morgan fingerprint density at radius 1 is 1.62 bits per heavy atom. The minimum atomic E-state index is 0.542. The number of nitrogens with two attached hydrogens (primary N) is 1. The van der Waals surface area contributed by atoms with Crippen LogP contribution in [0.4, 0.5) is 0 Å². The van der Waals surface area contributed by atoms with Crippen LogP contribution in [0.25, 0.3) is 0 Å². The minimum absolute atomic E-state index is 0.542. The molecule has 0 saturated heterocycles. The second-order valence-electron chi connectivity index (χ2n) is 1.88. The summed E-state index contributed by atoms with van der Waals surface area (Å²) in [4.78, 5) is 0. The lowest BCUT2D eigenvalue weighted by molar-refractivity contribution is 1.21. The summed E-state index contributed by atoms with van der Waals surface area (Å²) >= 11 is 0. The molecule has 0 spiro atoms. The molecule has 3 nitrogen and oxygen atoms in total. The first-order chi connectivity index (χ1) is 3.83. The van der Waals surface area contributed by atoms with E-state index in [9.17, 15) is 0 Å². The Labute approximate surface area is 48.3 Å². The molecule has 0 aromatic heterocycles. The molecule has 0 bridgehead atoms. The highest BCUT2D eigenvalue weighted by atomic mass is 15.2. The number of rotatable bonds is 1. The van der Waals surface area contributed by atoms with E-state index in [1.54, 1.807) is 0 Å². The van der Waals surface area contributed by atoms with E-state index in [1.807, 2.05) is 6.92 Å². The van der Waals surface area contributed by atoms with Crippen LogP contribution in [-0.2, 0) is 0 Å². The topological polar surface area (TPSA) is 50.7 Å². The van der Waals surface area contributed by atoms with Crippen LogP contribution < -0.4 is 5.73 Å². The maximum atomic E-state index is 5.29. The van der Waals surface area contributed by atoms with Crippen molar-refractivity contribution in [3.8, 4) is 0 Å². The molecular weight excluding hydrogens is 102 g/mol. The van der Waals surface area contributed by atoms with Gasteiger partial charge in [-0.05, 0) is 6.92 Å². The third-order valence-corrected chi connectivity index (χ3v) is 1.06. The molecule has 0 fully saturated rings. The van der Waals surface area contributed by atoms with Crippen molar-refractivity contribution < 1.29 is 0 Å². The molecule has 1 aliphatic rings. The second kappa shape index (κ2) is 2.05. The first kappa shape index (κ1) is 5.44. The zero-order chi connectivity index (χ0) is 5.98. The number of hydrogen-bond donors (Lipinski definition) is 1. The van der Waals surface area contributed by atoms with Gasteiger partial charge in [0.15, 0.2) is 0 Å². The van der Waals surface area contributed by atoms with Crippen molar-refractivity contribution in [2.45, 2.75) is 13.3 Å². The first-order valence-corrected chi connectivity index (χ1v) is 2.62. The molecule has 0 aliphatic carbocycles. The smallest absolute Gasteiger partial charge is 0.0597 e. The van der Waals surface area contributed by atoms with E-state index < -0.39 is 0 Å². The minimum Gasteiger partial charge on any atom is -0.325 e. The molecule has 1 aliphatic heterocycles. The molecule has 0 radical (unpaired) electrons. The van der Waals surface area contributed by atoms with Gasteiger partial charge in [-0.15, -0.1) is 0 Å². The molecule has 0 aromatic carbocycles. The van der Waals surface area contributed by atoms with E-state index >= 15 is 0 Å². The highest BCUT2D eigenvalue weighted by Crippen LogP contribution is 1.98. The van der Waals surface area contributed by atoms with Crippen LogP contribution in [0.2, 0.25) is 0 Å². The highest BCUT2D eigenvalue weighted by Gasteiger charge is 2.04. The van der Waals surface area contributed by atoms with Gasteiger partial charge in [-0.3, -0.25) is 0 Å². The second-order valence-corrected chi connectivity index (χ2v) is 1.88. The Morgan fingerprint density at radius 2 is 2.38 bits per heavy atom. The molecule has 0 unspecified atom stereocenters. The quantitative estimate of drug-likeness (QED) is 0.515. The van der Waals surface area contributed by atoms with Crippen LogP contribution in [0.15, 0.2) is 10.2 Å². The molecule has 0 aromatic rings. The van der Waals surface area contributed by atoms with Gasteiger partial charge in [0.05, 0.1) is 5.71 Å². The third kappa shape index (κ3) is 0.924. The van der Waals surface area contributed by atoms with Gasteiger partial charge >= 0.3 is 0 Å². The first-order valence-electron chi connectivity index (χ1n) is 2.62. The van der Waals surface area contributed by atoms with Crippen LogP contribution in [0.1, 0.15) is 13.3 Å². The average Bonchev–Trinajstić information content (AvgIpc) is 2.14. The Hall–Kier alpha value is -0.700. The lowest BCUT2D eigenvalue weighted by Crippen LogP contribution is -2.12. The largest absolute Gasteiger partial charge is 0.325 e. The maximum Gasteiger partial charge on any atom is 0.0597 e. The predicted octanol–water partition coefficient (Wildman–Crippen LogP) is 0.166. The lowest BCUT2D eigenvalue weighted by Gasteiger charge is -1.87. The van der Waals surface area contributed by atoms with E-state index in [4.69, 9.17) is 5.73 Å². The summed E-state index contributed by atoms with van der Waals surface area (Å²) in [5.74, 6) is 0. The zero-order valence-corrected chi connectivity index (χ0v) is 4.89. The molecular formula is C5H9N3. The molecule has 1 heterocycles. The van der Waals surface area contributed by atoms with Gasteiger partial charge in [-0.2, -0.15) is 10.2 Å². The fraction of sp³-hybridized carbons (Fsp3) is 0.600. The lowest BCUT2D eigenvalue weighted by atomic mass is 10.2. The standard InChI is InChI=1S/C5H9N3/c1-4-2-5(3-6)8-7-4/h2-3,6H2,1H3. The molecule has 0 amide bonds. The van der Waals surface area contributed by atoms with Gasteiger partial charge < -0.3 is 5.73 Å². The summed E-state index contributed by atoms with van der Waals surface area (Å²) in [5, 5.41) is 7.63. The Bertz CT molecular complexity index is 146. The summed E-state index contributed by atoms with van der Waals surface area (Å²) in [6.07, 6.45) is 0.872. The van der Waals surface area contributed by atoms with Crippen molar-refractivity contribution in [3.63, 3.8) is 0 Å². The van der Waals surface area contributed by atoms with Gasteiger partial charge in [-0.1, -0.05) is 0 Å². The number of nitrogens with zero attached hydrogens (tertiary/aromatic N) is 2. The number of hydrogen-bond acceptors (Lipinski definition) is 3. The Morgan fingerprint density at radius 3 is 2.62 bits per heavy atom. The maximum absolute atomic E-state index is 5.29. The van der Waals surface area contributed by atoms with E-state index in [-0.39, 0.29) is 0 Å². The van der Waals surface area contributed by atoms with E-state index in [0.717, 1.165) is 17.8 Å². The third-order valence-electron chi connectivity index (χ3n) is 1.06.